The first-order chi connectivity index (χ1) is 5.34. The summed E-state index contributed by atoms with van der Waals surface area (Å²) in [6.07, 6.45) is 4.53. The third-order valence-electron chi connectivity index (χ3n) is 1.90. The molecule has 1 heterocycles. The first kappa shape index (κ1) is 8.60. The monoisotopic (exact) mass is 155 g/mol. The maximum atomic E-state index is 5.49. The van der Waals surface area contributed by atoms with Crippen molar-refractivity contribution >= 4 is 0 Å². The van der Waals surface area contributed by atoms with E-state index in [2.05, 4.69) is 25.2 Å². The van der Waals surface area contributed by atoms with Crippen LogP contribution in [0.5, 0.6) is 0 Å². The first-order valence-corrected chi connectivity index (χ1v) is 4.41. The lowest BCUT2D eigenvalue weighted by Gasteiger charge is -2.20. The molecule has 64 valence electrons. The van der Waals surface area contributed by atoms with Crippen LogP contribution in [0.1, 0.15) is 26.7 Å². The van der Waals surface area contributed by atoms with E-state index in [0.29, 0.717) is 6.04 Å². The summed E-state index contributed by atoms with van der Waals surface area (Å²) in [7, 11) is 0. The van der Waals surface area contributed by atoms with Gasteiger partial charge in [-0.05, 0) is 32.4 Å². The first-order valence-electron chi connectivity index (χ1n) is 4.41. The van der Waals surface area contributed by atoms with E-state index >= 15 is 0 Å². The Kier molecular flexibility index (Phi) is 3.43. The van der Waals surface area contributed by atoms with Gasteiger partial charge in [-0.15, -0.1) is 0 Å². The van der Waals surface area contributed by atoms with E-state index in [1.54, 1.807) is 0 Å². The molecule has 11 heavy (non-hydrogen) atoms. The molecule has 1 atom stereocenters. The average Bonchev–Trinajstić information content (AvgIpc) is 2.07. The van der Waals surface area contributed by atoms with Gasteiger partial charge in [0.15, 0.2) is 0 Å². The van der Waals surface area contributed by atoms with Crippen molar-refractivity contribution in [3.8, 4) is 0 Å². The Morgan fingerprint density at radius 2 is 2.55 bits per heavy atom. The topological polar surface area (TPSA) is 21.3 Å². The molecule has 1 aliphatic heterocycles. The molecule has 0 bridgehead atoms. The van der Waals surface area contributed by atoms with E-state index in [-0.39, 0.29) is 0 Å². The van der Waals surface area contributed by atoms with Crippen LogP contribution in [0.3, 0.4) is 0 Å². The molecule has 0 saturated carbocycles. The third kappa shape index (κ3) is 2.54. The van der Waals surface area contributed by atoms with Crippen LogP contribution in [0.2, 0.25) is 0 Å². The van der Waals surface area contributed by atoms with Gasteiger partial charge < -0.3 is 10.1 Å². The summed E-state index contributed by atoms with van der Waals surface area (Å²) >= 11 is 0. The third-order valence-corrected chi connectivity index (χ3v) is 1.90. The van der Waals surface area contributed by atoms with E-state index in [4.69, 9.17) is 4.74 Å². The van der Waals surface area contributed by atoms with Gasteiger partial charge in [-0.1, -0.05) is 6.92 Å². The van der Waals surface area contributed by atoms with Crippen molar-refractivity contribution in [2.75, 3.05) is 13.2 Å². The minimum atomic E-state index is 0.389. The molecular formula is C9H17NO. The van der Waals surface area contributed by atoms with Gasteiger partial charge in [0.2, 0.25) is 0 Å². The predicted octanol–water partition coefficient (Wildman–Crippen LogP) is 1.68. The fraction of sp³-hybridized carbons (Fsp3) is 0.778. The summed E-state index contributed by atoms with van der Waals surface area (Å²) in [4.78, 5) is 0. The van der Waals surface area contributed by atoms with Crippen molar-refractivity contribution in [1.82, 2.24) is 5.32 Å². The summed E-state index contributed by atoms with van der Waals surface area (Å²) < 4.78 is 5.49. The van der Waals surface area contributed by atoms with E-state index in [9.17, 15) is 0 Å². The van der Waals surface area contributed by atoms with Crippen molar-refractivity contribution in [3.63, 3.8) is 0 Å². The molecule has 0 radical (unpaired) electrons. The second-order valence-electron chi connectivity index (χ2n) is 2.88. The van der Waals surface area contributed by atoms with Gasteiger partial charge in [0, 0.05) is 0 Å². The van der Waals surface area contributed by atoms with Crippen LogP contribution in [-0.2, 0) is 4.74 Å². The highest BCUT2D eigenvalue weighted by molar-refractivity contribution is 5.03. The van der Waals surface area contributed by atoms with Crippen LogP contribution in [0.25, 0.3) is 0 Å². The molecule has 0 saturated heterocycles. The molecule has 1 unspecified atom stereocenters. The van der Waals surface area contributed by atoms with Gasteiger partial charge in [0.25, 0.3) is 0 Å². The minimum absolute atomic E-state index is 0.389. The van der Waals surface area contributed by atoms with Crippen LogP contribution in [0.4, 0.5) is 0 Å². The summed E-state index contributed by atoms with van der Waals surface area (Å²) in [5.74, 6) is 1.12. The van der Waals surface area contributed by atoms with Crippen LogP contribution in [0.15, 0.2) is 11.8 Å². The number of rotatable bonds is 3. The molecule has 0 aromatic heterocycles. The molecule has 2 nitrogen and oxygen atoms in total. The largest absolute Gasteiger partial charge is 0.497 e. The number of nitrogens with one attached hydrogen (secondary N) is 1. The van der Waals surface area contributed by atoms with Crippen LogP contribution < -0.4 is 5.32 Å². The lowest BCUT2D eigenvalue weighted by atomic mass is 10.2. The number of ether oxygens (including phenoxy) is 1. The zero-order chi connectivity index (χ0) is 8.10. The highest BCUT2D eigenvalue weighted by Gasteiger charge is 2.10. The predicted molar refractivity (Wildman–Crippen MR) is 46.4 cm³/mol. The molecule has 0 aromatic carbocycles. The van der Waals surface area contributed by atoms with E-state index in [1.165, 1.54) is 12.8 Å². The summed E-state index contributed by atoms with van der Waals surface area (Å²) in [5.41, 5.74) is 0. The fourth-order valence-electron chi connectivity index (χ4n) is 1.29. The molecule has 0 spiro atoms. The molecule has 0 fully saturated rings. The SMILES string of the molecule is CCNC(C)C1=CCCCO1. The van der Waals surface area contributed by atoms with Crippen molar-refractivity contribution < 1.29 is 4.74 Å². The number of allylic oxidation sites excluding steroid dienone is 1. The highest BCUT2D eigenvalue weighted by Crippen LogP contribution is 2.12. The second kappa shape index (κ2) is 4.39. The average molecular weight is 155 g/mol. The smallest absolute Gasteiger partial charge is 0.109 e. The number of hydrogen-bond donors (Lipinski definition) is 1. The standard InChI is InChI=1S/C9H17NO/c1-3-10-8(2)9-6-4-5-7-11-9/h6,8,10H,3-5,7H2,1-2H3. The zero-order valence-corrected chi connectivity index (χ0v) is 7.39. The van der Waals surface area contributed by atoms with Gasteiger partial charge >= 0.3 is 0 Å². The molecule has 2 heteroatoms. The normalized spacial score (nSPS) is 20.4. The van der Waals surface area contributed by atoms with Gasteiger partial charge in [0.1, 0.15) is 5.76 Å². The lowest BCUT2D eigenvalue weighted by molar-refractivity contribution is 0.171. The highest BCUT2D eigenvalue weighted by atomic mass is 16.5. The van der Waals surface area contributed by atoms with Crippen LogP contribution in [0, 0.1) is 0 Å². The zero-order valence-electron chi connectivity index (χ0n) is 7.39. The molecule has 0 amide bonds. The summed E-state index contributed by atoms with van der Waals surface area (Å²) in [5, 5.41) is 3.32. The van der Waals surface area contributed by atoms with Crippen molar-refractivity contribution in [1.29, 1.82) is 0 Å². The molecule has 0 aliphatic carbocycles. The maximum absolute atomic E-state index is 5.49. The van der Waals surface area contributed by atoms with E-state index < -0.39 is 0 Å². The number of likely N-dealkylation sites (N-methyl/N-ethyl adjacent to an activating group) is 1. The second-order valence-corrected chi connectivity index (χ2v) is 2.88. The molecule has 1 aliphatic rings. The van der Waals surface area contributed by atoms with Crippen molar-refractivity contribution in [2.24, 2.45) is 0 Å². The van der Waals surface area contributed by atoms with Crippen molar-refractivity contribution in [3.05, 3.63) is 11.8 Å². The Labute approximate surface area is 68.6 Å². The van der Waals surface area contributed by atoms with Crippen LogP contribution >= 0.6 is 0 Å². The quantitative estimate of drug-likeness (QED) is 0.669. The van der Waals surface area contributed by atoms with Gasteiger partial charge in [0.05, 0.1) is 12.6 Å². The molecule has 1 rings (SSSR count). The molecule has 1 N–H and O–H groups in total. The number of hydrogen-bond acceptors (Lipinski definition) is 2. The lowest BCUT2D eigenvalue weighted by Crippen LogP contribution is -2.29. The molecular weight excluding hydrogens is 138 g/mol. The maximum Gasteiger partial charge on any atom is 0.109 e. The summed E-state index contributed by atoms with van der Waals surface area (Å²) in [6.45, 7) is 6.14. The molecule has 0 aromatic rings. The van der Waals surface area contributed by atoms with Crippen LogP contribution in [-0.4, -0.2) is 19.2 Å². The fourth-order valence-corrected chi connectivity index (χ4v) is 1.29. The van der Waals surface area contributed by atoms with E-state index in [0.717, 1.165) is 18.9 Å². The Morgan fingerprint density at radius 1 is 1.73 bits per heavy atom. The van der Waals surface area contributed by atoms with Gasteiger partial charge in [-0.3, -0.25) is 0 Å². The van der Waals surface area contributed by atoms with Gasteiger partial charge in [-0.25, -0.2) is 0 Å². The van der Waals surface area contributed by atoms with Crippen molar-refractivity contribution in [2.45, 2.75) is 32.7 Å². The Balaban J connectivity index is 2.37. The summed E-state index contributed by atoms with van der Waals surface area (Å²) in [6, 6.07) is 0.389. The minimum Gasteiger partial charge on any atom is -0.497 e. The van der Waals surface area contributed by atoms with Gasteiger partial charge in [-0.2, -0.15) is 0 Å². The Morgan fingerprint density at radius 3 is 3.09 bits per heavy atom. The Hall–Kier alpha value is -0.500. The van der Waals surface area contributed by atoms with E-state index in [1.807, 2.05) is 0 Å². The Bertz CT molecular complexity index is 142.